The molecule has 124 valence electrons. The quantitative estimate of drug-likeness (QED) is 0.369. The van der Waals surface area contributed by atoms with Crippen LogP contribution in [0.2, 0.25) is 5.02 Å². The number of carbonyl (C=O) groups is 1. The second-order valence-corrected chi connectivity index (χ2v) is 6.37. The first-order valence-electron chi connectivity index (χ1n) is 8.68. The van der Waals surface area contributed by atoms with Crippen molar-refractivity contribution in [1.82, 2.24) is 4.90 Å². The van der Waals surface area contributed by atoms with Crippen LogP contribution in [-0.4, -0.2) is 30.3 Å². The fourth-order valence-corrected chi connectivity index (χ4v) is 2.67. The summed E-state index contributed by atoms with van der Waals surface area (Å²) in [5, 5.41) is 0.678. The molecule has 0 saturated heterocycles. The molecule has 3 heteroatoms. The molecule has 0 radical (unpaired) electrons. The van der Waals surface area contributed by atoms with E-state index >= 15 is 0 Å². The number of carbonyl (C=O) groups excluding carboxylic acids is 1. The third-order valence-corrected chi connectivity index (χ3v) is 4.23. The van der Waals surface area contributed by atoms with E-state index in [9.17, 15) is 4.79 Å². The third kappa shape index (κ3) is 7.95. The summed E-state index contributed by atoms with van der Waals surface area (Å²) >= 11 is 5.87. The molecule has 0 fully saturated rings. The number of rotatable bonds is 12. The SMILES string of the molecule is CCCCCN(CCCCC)CCC(=O)c1ccc(Cl)cc1. The maximum atomic E-state index is 12.3. The van der Waals surface area contributed by atoms with Gasteiger partial charge in [0.05, 0.1) is 0 Å². The van der Waals surface area contributed by atoms with Crippen molar-refractivity contribution < 1.29 is 4.79 Å². The van der Waals surface area contributed by atoms with E-state index in [0.29, 0.717) is 11.4 Å². The summed E-state index contributed by atoms with van der Waals surface area (Å²) in [7, 11) is 0. The smallest absolute Gasteiger partial charge is 0.164 e. The maximum absolute atomic E-state index is 12.3. The van der Waals surface area contributed by atoms with Gasteiger partial charge < -0.3 is 4.90 Å². The summed E-state index contributed by atoms with van der Waals surface area (Å²) in [4.78, 5) is 14.7. The van der Waals surface area contributed by atoms with Crippen LogP contribution in [0, 0.1) is 0 Å². The van der Waals surface area contributed by atoms with Gasteiger partial charge in [0.25, 0.3) is 0 Å². The molecule has 0 aliphatic heterocycles. The molecule has 0 aliphatic rings. The predicted molar refractivity (Wildman–Crippen MR) is 95.9 cm³/mol. The van der Waals surface area contributed by atoms with Crippen LogP contribution in [0.5, 0.6) is 0 Å². The Morgan fingerprint density at radius 3 is 1.95 bits per heavy atom. The highest BCUT2D eigenvalue weighted by Gasteiger charge is 2.10. The van der Waals surface area contributed by atoms with E-state index in [-0.39, 0.29) is 5.78 Å². The molecule has 1 aromatic rings. The Hall–Kier alpha value is -0.860. The van der Waals surface area contributed by atoms with Crippen LogP contribution in [-0.2, 0) is 0 Å². The minimum atomic E-state index is 0.215. The highest BCUT2D eigenvalue weighted by atomic mass is 35.5. The lowest BCUT2D eigenvalue weighted by molar-refractivity contribution is 0.0963. The lowest BCUT2D eigenvalue weighted by atomic mass is 10.1. The van der Waals surface area contributed by atoms with Crippen molar-refractivity contribution in [2.45, 2.75) is 58.8 Å². The Kier molecular flexibility index (Phi) is 10.2. The molecule has 1 aromatic carbocycles. The van der Waals surface area contributed by atoms with Gasteiger partial charge in [-0.2, -0.15) is 0 Å². The van der Waals surface area contributed by atoms with E-state index in [1.807, 2.05) is 12.1 Å². The van der Waals surface area contributed by atoms with E-state index in [0.717, 1.165) is 25.2 Å². The molecule has 0 saturated carbocycles. The first-order chi connectivity index (χ1) is 10.7. The van der Waals surface area contributed by atoms with Crippen molar-refractivity contribution in [3.05, 3.63) is 34.9 Å². The average Bonchev–Trinajstić information content (AvgIpc) is 2.53. The second-order valence-electron chi connectivity index (χ2n) is 5.94. The molecule has 22 heavy (non-hydrogen) atoms. The van der Waals surface area contributed by atoms with Gasteiger partial charge in [0.15, 0.2) is 5.78 Å². The molecule has 0 N–H and O–H groups in total. The van der Waals surface area contributed by atoms with Crippen molar-refractivity contribution >= 4 is 17.4 Å². The van der Waals surface area contributed by atoms with Crippen LogP contribution in [0.3, 0.4) is 0 Å². The fourth-order valence-electron chi connectivity index (χ4n) is 2.55. The van der Waals surface area contributed by atoms with Crippen LogP contribution in [0.15, 0.2) is 24.3 Å². The number of hydrogen-bond acceptors (Lipinski definition) is 2. The molecule has 0 bridgehead atoms. The van der Waals surface area contributed by atoms with Crippen molar-refractivity contribution in [2.75, 3.05) is 19.6 Å². The van der Waals surface area contributed by atoms with E-state index in [2.05, 4.69) is 18.7 Å². The zero-order valence-electron chi connectivity index (χ0n) is 14.1. The predicted octanol–water partition coefficient (Wildman–Crippen LogP) is 5.60. The number of nitrogens with zero attached hydrogens (tertiary/aromatic N) is 1. The number of ketones is 1. The van der Waals surface area contributed by atoms with Gasteiger partial charge in [0.2, 0.25) is 0 Å². The Balaban J connectivity index is 2.42. The molecule has 0 spiro atoms. The Morgan fingerprint density at radius 1 is 0.909 bits per heavy atom. The van der Waals surface area contributed by atoms with Crippen LogP contribution in [0.25, 0.3) is 0 Å². The molecule has 2 nitrogen and oxygen atoms in total. The molecular formula is C19H30ClNO. The molecular weight excluding hydrogens is 294 g/mol. The third-order valence-electron chi connectivity index (χ3n) is 3.98. The van der Waals surface area contributed by atoms with Crippen molar-refractivity contribution in [1.29, 1.82) is 0 Å². The zero-order valence-corrected chi connectivity index (χ0v) is 14.9. The van der Waals surface area contributed by atoms with Gasteiger partial charge >= 0.3 is 0 Å². The number of unbranched alkanes of at least 4 members (excludes halogenated alkanes) is 4. The molecule has 0 aliphatic carbocycles. The number of halogens is 1. The minimum absolute atomic E-state index is 0.215. The minimum Gasteiger partial charge on any atom is -0.303 e. The van der Waals surface area contributed by atoms with Crippen LogP contribution < -0.4 is 0 Å². The molecule has 0 atom stereocenters. The van der Waals surface area contributed by atoms with Crippen LogP contribution >= 0.6 is 11.6 Å². The van der Waals surface area contributed by atoms with Gasteiger partial charge in [-0.1, -0.05) is 51.1 Å². The second kappa shape index (κ2) is 11.7. The monoisotopic (exact) mass is 323 g/mol. The highest BCUT2D eigenvalue weighted by molar-refractivity contribution is 6.30. The first-order valence-corrected chi connectivity index (χ1v) is 9.06. The highest BCUT2D eigenvalue weighted by Crippen LogP contribution is 2.12. The van der Waals surface area contributed by atoms with Gasteiger partial charge in [-0.3, -0.25) is 4.79 Å². The molecule has 0 unspecified atom stereocenters. The summed E-state index contributed by atoms with van der Waals surface area (Å²) in [6.07, 6.45) is 8.10. The summed E-state index contributed by atoms with van der Waals surface area (Å²) in [6.45, 7) is 7.56. The number of hydrogen-bond donors (Lipinski definition) is 0. The van der Waals surface area contributed by atoms with Crippen molar-refractivity contribution in [3.8, 4) is 0 Å². The Labute approximate surface area is 140 Å². The first kappa shape index (κ1) is 19.2. The summed E-state index contributed by atoms with van der Waals surface area (Å²) in [5.41, 5.74) is 0.770. The van der Waals surface area contributed by atoms with Crippen LogP contribution in [0.4, 0.5) is 0 Å². The van der Waals surface area contributed by atoms with Gasteiger partial charge in [0, 0.05) is 23.6 Å². The van der Waals surface area contributed by atoms with E-state index in [4.69, 9.17) is 11.6 Å². The maximum Gasteiger partial charge on any atom is 0.164 e. The van der Waals surface area contributed by atoms with Crippen LogP contribution in [0.1, 0.15) is 69.2 Å². The molecule has 1 rings (SSSR count). The standard InChI is InChI=1S/C19H30ClNO/c1-3-5-7-14-21(15-8-6-4-2)16-13-19(22)17-9-11-18(20)12-10-17/h9-12H,3-8,13-16H2,1-2H3. The molecule has 0 aromatic heterocycles. The van der Waals surface area contributed by atoms with E-state index in [1.165, 1.54) is 38.5 Å². The summed E-state index contributed by atoms with van der Waals surface area (Å²) < 4.78 is 0. The lowest BCUT2D eigenvalue weighted by Crippen LogP contribution is -2.28. The lowest BCUT2D eigenvalue weighted by Gasteiger charge is -2.22. The number of benzene rings is 1. The van der Waals surface area contributed by atoms with E-state index in [1.54, 1.807) is 12.1 Å². The Morgan fingerprint density at radius 2 is 1.45 bits per heavy atom. The van der Waals surface area contributed by atoms with Gasteiger partial charge in [-0.05, 0) is 50.2 Å². The van der Waals surface area contributed by atoms with E-state index < -0.39 is 0 Å². The topological polar surface area (TPSA) is 20.3 Å². The zero-order chi connectivity index (χ0) is 16.2. The normalized spacial score (nSPS) is 11.1. The van der Waals surface area contributed by atoms with Gasteiger partial charge in [0.1, 0.15) is 0 Å². The Bertz CT molecular complexity index is 406. The summed E-state index contributed by atoms with van der Waals surface area (Å²) in [6, 6.07) is 7.22. The van der Waals surface area contributed by atoms with Gasteiger partial charge in [-0.15, -0.1) is 0 Å². The average molecular weight is 324 g/mol. The van der Waals surface area contributed by atoms with Gasteiger partial charge in [-0.25, -0.2) is 0 Å². The molecule has 0 amide bonds. The molecule has 0 heterocycles. The fraction of sp³-hybridized carbons (Fsp3) is 0.632. The van der Waals surface area contributed by atoms with Crippen molar-refractivity contribution in [2.24, 2.45) is 0 Å². The van der Waals surface area contributed by atoms with Crippen molar-refractivity contribution in [3.63, 3.8) is 0 Å². The largest absolute Gasteiger partial charge is 0.303 e. The summed E-state index contributed by atoms with van der Waals surface area (Å²) in [5.74, 6) is 0.215. The number of Topliss-reactive ketones (excluding diaryl/α,β-unsaturated/α-hetero) is 1.